The van der Waals surface area contributed by atoms with E-state index in [1.165, 1.54) is 18.2 Å². The topological polar surface area (TPSA) is 29.5 Å². The predicted molar refractivity (Wildman–Crippen MR) is 60.6 cm³/mol. The van der Waals surface area contributed by atoms with Crippen molar-refractivity contribution in [2.45, 2.75) is 18.6 Å². The van der Waals surface area contributed by atoms with Crippen molar-refractivity contribution in [3.63, 3.8) is 0 Å². The molecular weight excluding hydrogens is 245 g/mol. The average molecular weight is 256 g/mol. The number of halogens is 2. The molecule has 90 valence electrons. The van der Waals surface area contributed by atoms with E-state index in [2.05, 4.69) is 0 Å². The number of rotatable bonds is 1. The molecule has 0 spiro atoms. The molecule has 0 aromatic heterocycles. The van der Waals surface area contributed by atoms with Gasteiger partial charge in [-0.3, -0.25) is 4.79 Å². The maximum Gasteiger partial charge on any atom is 0.255 e. The molecule has 2 saturated heterocycles. The molecule has 0 aliphatic carbocycles. The van der Waals surface area contributed by atoms with Gasteiger partial charge in [0, 0.05) is 6.54 Å². The number of carbonyl (C=O) groups excluding carboxylic acids is 1. The van der Waals surface area contributed by atoms with Crippen LogP contribution in [-0.2, 0) is 4.74 Å². The number of morpholine rings is 1. The molecule has 2 aliphatic rings. The smallest absolute Gasteiger partial charge is 0.255 e. The molecule has 1 amide bonds. The molecule has 2 heterocycles. The third kappa shape index (κ3) is 1.81. The number of hydrogen-bond acceptors (Lipinski definition) is 2. The highest BCUT2D eigenvalue weighted by Gasteiger charge is 2.42. The van der Waals surface area contributed by atoms with Gasteiger partial charge in [0.1, 0.15) is 5.82 Å². The van der Waals surface area contributed by atoms with E-state index in [1.807, 2.05) is 0 Å². The van der Waals surface area contributed by atoms with Crippen molar-refractivity contribution in [1.82, 2.24) is 4.90 Å². The molecule has 0 radical (unpaired) electrons. The predicted octanol–water partition coefficient (Wildman–Crippen LogP) is 2.09. The minimum atomic E-state index is -0.446. The number of carbonyl (C=O) groups is 1. The summed E-state index contributed by atoms with van der Waals surface area (Å²) in [5, 5.41) is 0.292. The Labute approximate surface area is 103 Å². The first-order valence-electron chi connectivity index (χ1n) is 5.53. The summed E-state index contributed by atoms with van der Waals surface area (Å²) < 4.78 is 18.5. The van der Waals surface area contributed by atoms with Crippen molar-refractivity contribution >= 4 is 17.5 Å². The Morgan fingerprint density at radius 3 is 3.00 bits per heavy atom. The van der Waals surface area contributed by atoms with Crippen LogP contribution in [0.5, 0.6) is 0 Å². The van der Waals surface area contributed by atoms with Gasteiger partial charge in [0.05, 0.1) is 29.3 Å². The standard InChI is InChI=1S/C12H11ClFNO2/c13-11-2-1-7(14)3-10(11)12(16)15-5-9-4-8(15)6-17-9/h1-3,8-9H,4-6H2. The number of hydrogen-bond donors (Lipinski definition) is 0. The zero-order chi connectivity index (χ0) is 12.0. The van der Waals surface area contributed by atoms with Gasteiger partial charge in [0.15, 0.2) is 0 Å². The second kappa shape index (κ2) is 3.96. The van der Waals surface area contributed by atoms with Crippen molar-refractivity contribution in [3.8, 4) is 0 Å². The summed E-state index contributed by atoms with van der Waals surface area (Å²) >= 11 is 5.93. The largest absolute Gasteiger partial charge is 0.374 e. The molecule has 0 N–H and O–H groups in total. The summed E-state index contributed by atoms with van der Waals surface area (Å²) in [6.07, 6.45) is 1.01. The Bertz CT molecular complexity index is 480. The first-order valence-corrected chi connectivity index (χ1v) is 5.90. The van der Waals surface area contributed by atoms with Gasteiger partial charge in [-0.1, -0.05) is 11.6 Å². The fraction of sp³-hybridized carbons (Fsp3) is 0.417. The molecule has 3 nitrogen and oxygen atoms in total. The van der Waals surface area contributed by atoms with E-state index in [-0.39, 0.29) is 23.6 Å². The first-order chi connectivity index (χ1) is 8.15. The molecule has 2 fully saturated rings. The number of amides is 1. The van der Waals surface area contributed by atoms with Gasteiger partial charge < -0.3 is 9.64 Å². The van der Waals surface area contributed by atoms with Crippen LogP contribution in [0.4, 0.5) is 4.39 Å². The maximum absolute atomic E-state index is 13.1. The summed E-state index contributed by atoms with van der Waals surface area (Å²) in [6.45, 7) is 1.15. The van der Waals surface area contributed by atoms with Gasteiger partial charge in [-0.2, -0.15) is 0 Å². The van der Waals surface area contributed by atoms with Crippen LogP contribution in [-0.4, -0.2) is 36.1 Å². The van der Waals surface area contributed by atoms with E-state index in [0.29, 0.717) is 18.2 Å². The summed E-state index contributed by atoms with van der Waals surface area (Å²) in [4.78, 5) is 14.0. The lowest BCUT2D eigenvalue weighted by Crippen LogP contribution is -2.41. The second-order valence-corrected chi connectivity index (χ2v) is 4.83. The monoisotopic (exact) mass is 255 g/mol. The van der Waals surface area contributed by atoms with Crippen molar-refractivity contribution in [3.05, 3.63) is 34.6 Å². The normalized spacial score (nSPS) is 26.6. The Morgan fingerprint density at radius 2 is 2.35 bits per heavy atom. The molecule has 2 atom stereocenters. The second-order valence-electron chi connectivity index (χ2n) is 4.43. The van der Waals surface area contributed by atoms with E-state index < -0.39 is 5.82 Å². The lowest BCUT2D eigenvalue weighted by atomic mass is 10.1. The third-order valence-electron chi connectivity index (χ3n) is 3.32. The van der Waals surface area contributed by atoms with Gasteiger partial charge in [-0.15, -0.1) is 0 Å². The van der Waals surface area contributed by atoms with E-state index >= 15 is 0 Å². The van der Waals surface area contributed by atoms with E-state index in [0.717, 1.165) is 6.42 Å². The fourth-order valence-electron chi connectivity index (χ4n) is 2.46. The third-order valence-corrected chi connectivity index (χ3v) is 3.65. The zero-order valence-electron chi connectivity index (χ0n) is 9.03. The van der Waals surface area contributed by atoms with Crippen molar-refractivity contribution in [2.75, 3.05) is 13.2 Å². The summed E-state index contributed by atoms with van der Waals surface area (Å²) in [6, 6.07) is 3.97. The minimum Gasteiger partial charge on any atom is -0.374 e. The zero-order valence-corrected chi connectivity index (χ0v) is 9.78. The highest BCUT2D eigenvalue weighted by atomic mass is 35.5. The fourth-order valence-corrected chi connectivity index (χ4v) is 2.66. The van der Waals surface area contributed by atoms with Crippen LogP contribution in [0.2, 0.25) is 5.02 Å². The van der Waals surface area contributed by atoms with Gasteiger partial charge >= 0.3 is 0 Å². The van der Waals surface area contributed by atoms with Gasteiger partial charge in [-0.05, 0) is 24.6 Å². The highest BCUT2D eigenvalue weighted by Crippen LogP contribution is 2.30. The number of fused-ring (bicyclic) bond motifs is 2. The Hall–Kier alpha value is -1.13. The van der Waals surface area contributed by atoms with Gasteiger partial charge in [-0.25, -0.2) is 4.39 Å². The Morgan fingerprint density at radius 1 is 1.53 bits per heavy atom. The Balaban J connectivity index is 1.89. The number of nitrogens with zero attached hydrogens (tertiary/aromatic N) is 1. The number of ether oxygens (including phenoxy) is 1. The van der Waals surface area contributed by atoms with Crippen LogP contribution in [0, 0.1) is 5.82 Å². The van der Waals surface area contributed by atoms with Gasteiger partial charge in [0.2, 0.25) is 0 Å². The molecule has 2 unspecified atom stereocenters. The van der Waals surface area contributed by atoms with Gasteiger partial charge in [0.25, 0.3) is 5.91 Å². The summed E-state index contributed by atoms with van der Waals surface area (Å²) in [7, 11) is 0. The van der Waals surface area contributed by atoms with Crippen molar-refractivity contribution in [2.24, 2.45) is 0 Å². The highest BCUT2D eigenvalue weighted by molar-refractivity contribution is 6.33. The molecular formula is C12H11ClFNO2. The molecule has 3 rings (SSSR count). The Kier molecular flexibility index (Phi) is 2.56. The van der Waals surface area contributed by atoms with E-state index in [1.54, 1.807) is 4.90 Å². The quantitative estimate of drug-likeness (QED) is 0.769. The minimum absolute atomic E-state index is 0.117. The molecule has 5 heteroatoms. The summed E-state index contributed by atoms with van der Waals surface area (Å²) in [5.41, 5.74) is 0.235. The van der Waals surface area contributed by atoms with Crippen LogP contribution in [0.3, 0.4) is 0 Å². The van der Waals surface area contributed by atoms with Crippen LogP contribution in [0.25, 0.3) is 0 Å². The van der Waals surface area contributed by atoms with Crippen LogP contribution in [0.1, 0.15) is 16.8 Å². The van der Waals surface area contributed by atoms with E-state index in [9.17, 15) is 9.18 Å². The van der Waals surface area contributed by atoms with Crippen LogP contribution < -0.4 is 0 Å². The number of likely N-dealkylation sites (tertiary alicyclic amines) is 1. The number of benzene rings is 1. The maximum atomic E-state index is 13.1. The van der Waals surface area contributed by atoms with Crippen molar-refractivity contribution in [1.29, 1.82) is 0 Å². The molecule has 2 bridgehead atoms. The molecule has 1 aromatic rings. The average Bonchev–Trinajstić information content (AvgIpc) is 2.93. The lowest BCUT2D eigenvalue weighted by molar-refractivity contribution is 0.0259. The molecule has 0 saturated carbocycles. The van der Waals surface area contributed by atoms with Crippen molar-refractivity contribution < 1.29 is 13.9 Å². The van der Waals surface area contributed by atoms with E-state index in [4.69, 9.17) is 16.3 Å². The molecule has 2 aliphatic heterocycles. The first kappa shape index (κ1) is 11.0. The summed E-state index contributed by atoms with van der Waals surface area (Å²) in [5.74, 6) is -0.649. The van der Waals surface area contributed by atoms with Crippen LogP contribution in [0.15, 0.2) is 18.2 Å². The lowest BCUT2D eigenvalue weighted by Gasteiger charge is -2.27. The molecule has 1 aromatic carbocycles. The van der Waals surface area contributed by atoms with Crippen LogP contribution >= 0.6 is 11.6 Å². The molecule has 17 heavy (non-hydrogen) atoms. The SMILES string of the molecule is O=C(c1cc(F)ccc1Cl)N1CC2CC1CO2.